The van der Waals surface area contributed by atoms with Crippen LogP contribution in [0, 0.1) is 0 Å². The van der Waals surface area contributed by atoms with Crippen LogP contribution in [0.15, 0.2) is 48.1 Å². The lowest BCUT2D eigenvalue weighted by molar-refractivity contribution is 0.713. The predicted octanol–water partition coefficient (Wildman–Crippen LogP) is 6.01. The second-order valence-electron chi connectivity index (χ2n) is 4.80. The molecule has 1 rings (SSSR count). The molecule has 0 saturated heterocycles. The van der Waals surface area contributed by atoms with Gasteiger partial charge in [0.05, 0.1) is 0 Å². The van der Waals surface area contributed by atoms with Gasteiger partial charge in [-0.3, -0.25) is 0 Å². The minimum atomic E-state index is 1.26. The van der Waals surface area contributed by atoms with Gasteiger partial charge in [0.1, 0.15) is 0 Å². The molecule has 98 valence electrons. The van der Waals surface area contributed by atoms with Gasteiger partial charge < -0.3 is 0 Å². The van der Waals surface area contributed by atoms with Gasteiger partial charge in [0.15, 0.2) is 0 Å². The zero-order chi connectivity index (χ0) is 13.1. The Morgan fingerprint density at radius 3 is 2.11 bits per heavy atom. The van der Waals surface area contributed by atoms with Gasteiger partial charge in [0.25, 0.3) is 0 Å². The van der Waals surface area contributed by atoms with E-state index >= 15 is 0 Å². The lowest BCUT2D eigenvalue weighted by atomic mass is 10.0. The molecular weight excluding hydrogens is 216 g/mol. The largest absolute Gasteiger partial charge is 0.0702 e. The lowest BCUT2D eigenvalue weighted by Gasteiger charge is -2.04. The van der Waals surface area contributed by atoms with Crippen LogP contribution in [-0.2, 0) is 0 Å². The van der Waals surface area contributed by atoms with E-state index in [1.54, 1.807) is 5.57 Å². The van der Waals surface area contributed by atoms with E-state index in [4.69, 9.17) is 0 Å². The van der Waals surface area contributed by atoms with Crippen LogP contribution in [-0.4, -0.2) is 0 Å². The van der Waals surface area contributed by atoms with Crippen LogP contribution in [0.5, 0.6) is 0 Å². The molecule has 0 fully saturated rings. The maximum absolute atomic E-state index is 2.32. The molecule has 1 aromatic carbocycles. The molecule has 0 heterocycles. The first-order valence-electron chi connectivity index (χ1n) is 7.28. The monoisotopic (exact) mass is 242 g/mol. The molecule has 0 saturated carbocycles. The normalized spacial score (nSPS) is 10.8. The van der Waals surface area contributed by atoms with Gasteiger partial charge in [-0.25, -0.2) is 0 Å². The summed E-state index contributed by atoms with van der Waals surface area (Å²) in [4.78, 5) is 0. The highest BCUT2D eigenvalue weighted by atomic mass is 14.0. The third kappa shape index (κ3) is 6.44. The number of allylic oxidation sites excluding steroid dienone is 3. The van der Waals surface area contributed by atoms with E-state index in [1.807, 2.05) is 0 Å². The highest BCUT2D eigenvalue weighted by Gasteiger charge is 1.95. The third-order valence-electron chi connectivity index (χ3n) is 3.12. The van der Waals surface area contributed by atoms with Crippen molar-refractivity contribution in [3.63, 3.8) is 0 Å². The number of hydrogen-bond acceptors (Lipinski definition) is 0. The number of benzene rings is 1. The summed E-state index contributed by atoms with van der Waals surface area (Å²) in [5.74, 6) is 0. The molecule has 0 bridgehead atoms. The topological polar surface area (TPSA) is 0 Å². The van der Waals surface area contributed by atoms with E-state index in [1.165, 1.54) is 44.1 Å². The second kappa shape index (κ2) is 9.70. The van der Waals surface area contributed by atoms with Crippen molar-refractivity contribution in [3.8, 4) is 0 Å². The van der Waals surface area contributed by atoms with Crippen LogP contribution in [0.1, 0.15) is 57.9 Å². The summed E-state index contributed by atoms with van der Waals surface area (Å²) in [6, 6.07) is 10.5. The van der Waals surface area contributed by atoms with E-state index in [0.29, 0.717) is 0 Å². The molecule has 0 N–H and O–H groups in total. The van der Waals surface area contributed by atoms with E-state index in [2.05, 4.69) is 62.4 Å². The number of rotatable bonds is 8. The Balaban J connectivity index is 2.55. The van der Waals surface area contributed by atoms with Gasteiger partial charge in [-0.1, -0.05) is 80.8 Å². The van der Waals surface area contributed by atoms with Crippen molar-refractivity contribution in [3.05, 3.63) is 53.6 Å². The Morgan fingerprint density at radius 2 is 1.56 bits per heavy atom. The lowest BCUT2D eigenvalue weighted by Crippen LogP contribution is -1.84. The number of unbranched alkanes of at least 4 members (excludes halogenated alkanes) is 2. The van der Waals surface area contributed by atoms with Crippen molar-refractivity contribution < 1.29 is 0 Å². The average molecular weight is 242 g/mol. The SMILES string of the molecule is CCCCC(=C/C=C/c1ccccc1)CCCC. The number of hydrogen-bond donors (Lipinski definition) is 0. The van der Waals surface area contributed by atoms with Crippen molar-refractivity contribution in [1.29, 1.82) is 0 Å². The standard InChI is InChI=1S/C18H26/c1-3-5-11-17(12-6-4-2)15-10-16-18-13-8-7-9-14-18/h7-10,13-16H,3-6,11-12H2,1-2H3/b16-10+. The molecule has 0 nitrogen and oxygen atoms in total. The Kier molecular flexibility index (Phi) is 7.96. The molecule has 0 amide bonds. The molecule has 18 heavy (non-hydrogen) atoms. The fourth-order valence-corrected chi connectivity index (χ4v) is 1.96. The Bertz CT molecular complexity index is 347. The maximum atomic E-state index is 2.32. The summed E-state index contributed by atoms with van der Waals surface area (Å²) < 4.78 is 0. The van der Waals surface area contributed by atoms with Crippen LogP contribution in [0.25, 0.3) is 6.08 Å². The van der Waals surface area contributed by atoms with E-state index in [9.17, 15) is 0 Å². The summed E-state index contributed by atoms with van der Waals surface area (Å²) in [5, 5.41) is 0. The summed E-state index contributed by atoms with van der Waals surface area (Å²) in [6.07, 6.45) is 14.4. The van der Waals surface area contributed by atoms with E-state index < -0.39 is 0 Å². The molecule has 0 aliphatic rings. The van der Waals surface area contributed by atoms with Crippen molar-refractivity contribution in [2.75, 3.05) is 0 Å². The highest BCUT2D eigenvalue weighted by Crippen LogP contribution is 2.15. The van der Waals surface area contributed by atoms with Crippen LogP contribution in [0.2, 0.25) is 0 Å². The van der Waals surface area contributed by atoms with Crippen LogP contribution >= 0.6 is 0 Å². The van der Waals surface area contributed by atoms with Gasteiger partial charge in [-0.2, -0.15) is 0 Å². The fraction of sp³-hybridized carbons (Fsp3) is 0.444. The minimum Gasteiger partial charge on any atom is -0.0702 e. The summed E-state index contributed by atoms with van der Waals surface area (Å²) in [5.41, 5.74) is 2.88. The van der Waals surface area contributed by atoms with Crippen LogP contribution in [0.3, 0.4) is 0 Å². The second-order valence-corrected chi connectivity index (χ2v) is 4.80. The Morgan fingerprint density at radius 1 is 0.944 bits per heavy atom. The molecular formula is C18H26. The molecule has 0 aliphatic carbocycles. The summed E-state index contributed by atoms with van der Waals surface area (Å²) >= 11 is 0. The van der Waals surface area contributed by atoms with Crippen LogP contribution in [0.4, 0.5) is 0 Å². The minimum absolute atomic E-state index is 1.26. The van der Waals surface area contributed by atoms with Gasteiger partial charge in [-0.15, -0.1) is 0 Å². The quantitative estimate of drug-likeness (QED) is 0.490. The average Bonchev–Trinajstić information content (AvgIpc) is 2.42. The summed E-state index contributed by atoms with van der Waals surface area (Å²) in [6.45, 7) is 4.52. The molecule has 0 heteroatoms. The molecule has 0 atom stereocenters. The first kappa shape index (κ1) is 14.8. The smallest absolute Gasteiger partial charge is 0.0257 e. The van der Waals surface area contributed by atoms with E-state index in [0.717, 1.165) is 0 Å². The van der Waals surface area contributed by atoms with Gasteiger partial charge in [0, 0.05) is 0 Å². The molecule has 0 aromatic heterocycles. The van der Waals surface area contributed by atoms with Gasteiger partial charge >= 0.3 is 0 Å². The first-order valence-corrected chi connectivity index (χ1v) is 7.28. The fourth-order valence-electron chi connectivity index (χ4n) is 1.96. The highest BCUT2D eigenvalue weighted by molar-refractivity contribution is 5.50. The van der Waals surface area contributed by atoms with Crippen molar-refractivity contribution in [1.82, 2.24) is 0 Å². The van der Waals surface area contributed by atoms with Crippen LogP contribution < -0.4 is 0 Å². The maximum Gasteiger partial charge on any atom is -0.0257 e. The van der Waals surface area contributed by atoms with Crippen molar-refractivity contribution in [2.24, 2.45) is 0 Å². The van der Waals surface area contributed by atoms with Crippen molar-refractivity contribution in [2.45, 2.75) is 52.4 Å². The zero-order valence-electron chi connectivity index (χ0n) is 11.9. The Hall–Kier alpha value is -1.30. The molecule has 0 unspecified atom stereocenters. The molecule has 0 spiro atoms. The molecule has 1 aromatic rings. The summed E-state index contributed by atoms with van der Waals surface area (Å²) in [7, 11) is 0. The first-order chi connectivity index (χ1) is 8.86. The predicted molar refractivity (Wildman–Crippen MR) is 82.6 cm³/mol. The molecule has 0 aliphatic heterocycles. The Labute approximate surface area is 112 Å². The third-order valence-corrected chi connectivity index (χ3v) is 3.12. The van der Waals surface area contributed by atoms with Gasteiger partial charge in [0.2, 0.25) is 0 Å². The zero-order valence-corrected chi connectivity index (χ0v) is 11.9. The van der Waals surface area contributed by atoms with E-state index in [-0.39, 0.29) is 0 Å². The van der Waals surface area contributed by atoms with Gasteiger partial charge in [-0.05, 0) is 31.2 Å². The molecule has 0 radical (unpaired) electrons. The van der Waals surface area contributed by atoms with Crippen molar-refractivity contribution >= 4 is 6.08 Å².